The van der Waals surface area contributed by atoms with Crippen LogP contribution in [0.1, 0.15) is 326 Å². The quantitative estimate of drug-likeness (QED) is 0.0576. The average Bonchev–Trinajstić information content (AvgIpc) is 1.68. The van der Waals surface area contributed by atoms with E-state index in [0.29, 0.717) is 153 Å². The lowest BCUT2D eigenvalue weighted by Crippen LogP contribution is -2.58. The minimum atomic E-state index is -3.41. The second-order valence-electron chi connectivity index (χ2n) is 40.7. The average molecular weight is 1640 g/mol. The van der Waals surface area contributed by atoms with E-state index in [4.69, 9.17) is 0 Å². The van der Waals surface area contributed by atoms with Crippen molar-refractivity contribution in [2.75, 3.05) is 39.1 Å². The van der Waals surface area contributed by atoms with Crippen molar-refractivity contribution in [3.63, 3.8) is 0 Å². The summed E-state index contributed by atoms with van der Waals surface area (Å²) in [7, 11) is -3.41. The molecule has 23 nitrogen and oxygen atoms in total. The van der Waals surface area contributed by atoms with E-state index >= 15 is 0 Å². The molecular formula is C91H170N10O13S. The van der Waals surface area contributed by atoms with Crippen molar-refractivity contribution < 1.29 is 61.2 Å². The number of piperidine rings is 3. The largest absolute Gasteiger partial charge is 0.356 e. The zero-order chi connectivity index (χ0) is 89.8. The molecule has 0 bridgehead atoms. The highest BCUT2D eigenvalue weighted by Crippen LogP contribution is 2.49. The zero-order valence-electron chi connectivity index (χ0n) is 79.2. The van der Waals surface area contributed by atoms with Gasteiger partial charge in [0.2, 0.25) is 75.0 Å². The number of rotatable bonds is 18. The van der Waals surface area contributed by atoms with E-state index in [1.54, 1.807) is 0 Å². The molecule has 9 aliphatic rings. The van der Waals surface area contributed by atoms with Crippen molar-refractivity contribution in [2.24, 2.45) is 133 Å². The maximum Gasteiger partial charge on any atom is 0.241 e. The van der Waals surface area contributed by atoms with Crippen LogP contribution in [0.15, 0.2) is 0 Å². The van der Waals surface area contributed by atoms with Gasteiger partial charge < -0.3 is 31.9 Å². The van der Waals surface area contributed by atoms with Crippen molar-refractivity contribution in [3.05, 3.63) is 0 Å². The van der Waals surface area contributed by atoms with Crippen LogP contribution in [0.25, 0.3) is 0 Å². The molecule has 0 aromatic rings. The molecule has 115 heavy (non-hydrogen) atoms. The fraction of sp³-hybridized carbons (Fsp3) is 0.879. The van der Waals surface area contributed by atoms with E-state index in [0.717, 1.165) is 62.3 Å². The van der Waals surface area contributed by atoms with E-state index in [9.17, 15) is 61.2 Å². The summed E-state index contributed by atoms with van der Waals surface area (Å²) in [6.07, 6.45) is 10.9. The van der Waals surface area contributed by atoms with E-state index in [1.165, 1.54) is 0 Å². The van der Waals surface area contributed by atoms with Crippen LogP contribution in [0.5, 0.6) is 0 Å². The smallest absolute Gasteiger partial charge is 0.241 e. The molecule has 1 atom stereocenters. The molecule has 9 fully saturated rings. The molecule has 9 rings (SSSR count). The normalized spacial score (nSPS) is 22.8. The van der Waals surface area contributed by atoms with Crippen molar-refractivity contribution in [1.29, 1.82) is 0 Å². The number of sulfonamides is 1. The number of carbonyl (C=O) groups is 11. The first-order chi connectivity index (χ1) is 52.4. The zero-order valence-corrected chi connectivity index (χ0v) is 80.0. The molecule has 9 heterocycles. The third kappa shape index (κ3) is 26.0. The first kappa shape index (κ1) is 107. The lowest BCUT2D eigenvalue weighted by Gasteiger charge is -2.45. The van der Waals surface area contributed by atoms with E-state index in [2.05, 4.69) is 242 Å². The van der Waals surface area contributed by atoms with Gasteiger partial charge in [0.05, 0.1) is 29.3 Å². The summed E-state index contributed by atoms with van der Waals surface area (Å²) in [4.78, 5) is 125. The molecular weight excluding hydrogens is 1470 g/mol. The Morgan fingerprint density at radius 1 is 0.313 bits per heavy atom. The summed E-state index contributed by atoms with van der Waals surface area (Å²) in [6, 6.07) is 0. The molecule has 0 aliphatic carbocycles. The number of nitrogens with one attached hydrogen (secondary N) is 9. The molecule has 1 unspecified atom stereocenters. The molecule has 9 N–H and O–H groups in total. The molecule has 0 spiro atoms. The monoisotopic (exact) mass is 1640 g/mol. The minimum Gasteiger partial charge on any atom is -0.356 e. The van der Waals surface area contributed by atoms with Gasteiger partial charge in [0.15, 0.2) is 0 Å². The van der Waals surface area contributed by atoms with Crippen LogP contribution in [0.2, 0.25) is 0 Å². The van der Waals surface area contributed by atoms with Crippen LogP contribution < -0.4 is 47.9 Å². The molecule has 9 saturated heterocycles. The van der Waals surface area contributed by atoms with E-state index < -0.39 is 15.4 Å². The lowest BCUT2D eigenvalue weighted by atomic mass is 9.63. The van der Waals surface area contributed by atoms with Crippen molar-refractivity contribution in [1.82, 2.24) is 52.2 Å². The topological polar surface area (TPSA) is 333 Å². The number of nitrogens with zero attached hydrogens (tertiary/aromatic N) is 1. The van der Waals surface area contributed by atoms with Crippen LogP contribution in [0, 0.1) is 133 Å². The summed E-state index contributed by atoms with van der Waals surface area (Å²) in [5.41, 5.74) is -0.706. The summed E-state index contributed by atoms with van der Waals surface area (Å²) >= 11 is 0. The van der Waals surface area contributed by atoms with Crippen LogP contribution in [-0.2, 0) is 62.8 Å². The summed E-state index contributed by atoms with van der Waals surface area (Å²) in [5, 5.41) is 25.7. The number of amides is 11. The lowest BCUT2D eigenvalue weighted by molar-refractivity contribution is -0.142. The van der Waals surface area contributed by atoms with Crippen molar-refractivity contribution >= 4 is 75.0 Å². The molecule has 24 heteroatoms. The van der Waals surface area contributed by atoms with Crippen molar-refractivity contribution in [3.8, 4) is 0 Å². The number of carbonyl (C=O) groups excluding carboxylic acids is 11. The number of hydrogen-bond donors (Lipinski definition) is 9. The first-order valence-electron chi connectivity index (χ1n) is 44.1. The van der Waals surface area contributed by atoms with Gasteiger partial charge in [0.1, 0.15) is 0 Å². The van der Waals surface area contributed by atoms with Gasteiger partial charge in [0.25, 0.3) is 0 Å². The van der Waals surface area contributed by atoms with Gasteiger partial charge in [-0.3, -0.25) is 68.7 Å². The SMILES string of the molecule is CC(C)C1(C(C)C)CC(=O)N(S(C)(=O)=O)C1.CC(C)C1(C(C)C)CC(=O)NC(=O)C1.CC(C)C1(C(C)C)CC(=O)NC1=O.CC(C)C1(C(C)C)CCC(=O)N1.CC(C)C1(C(C)C)CCCC(=O)N1.CC(C)C1(C(C)C)CCNC(=O)C1.CC(C)C1(C(C)C)CCNC1=O.CC(C)C1(C(C)C)CNC(=O)C1.CC(C)C1(C)NCNC1=O. The predicted octanol–water partition coefficient (Wildman–Crippen LogP) is 14.7. The van der Waals surface area contributed by atoms with Gasteiger partial charge in [-0.05, 0) is 150 Å². The fourth-order valence-electron chi connectivity index (χ4n) is 20.0. The first-order valence-corrected chi connectivity index (χ1v) is 45.9. The van der Waals surface area contributed by atoms with Crippen LogP contribution in [-0.4, -0.2) is 133 Å². The van der Waals surface area contributed by atoms with E-state index in [-0.39, 0.29) is 121 Å². The Kier molecular flexibility index (Phi) is 41.3. The van der Waals surface area contributed by atoms with Gasteiger partial charge in [-0.2, -0.15) is 0 Å². The Morgan fingerprint density at radius 3 is 0.904 bits per heavy atom. The standard InChI is InChI=1S/C11H21NO3S.C11H19NO2.2C11H21NO.C10H17NO2.3C10H19NO.C7H14N2O/c1-8(2)11(9(3)4)6-10(13)12(7-11)16(5,14)15;1-7(2)11(8(3)4)5-9(13)12-10(14)6-11;1-8(2)11(9(3)4)5-6-12-10(13)7-11;1-8(2)11(9(3)4)7-5-6-10(13)12-11;1-6(2)10(7(3)4)5-8(12)11-9(10)13;1-7(2)10(8(3)4)5-9(12)11-6-10;1-7(2)10(8(3)4)5-6-11-9(10)12;1-7(2)10(8(3)4)6-5-9(12)11-10;1-5(2)7(3)6(10)8-4-9-7/h8-9H,6-7H2,1-5H3;7-8H,5-6H2,1-4H3,(H,12,13,14);2*8-9H,5-7H2,1-4H3,(H,12,13);6-7H,5H2,1-4H3,(H,11,12,13);3*7-8H,5-6H2,1-4H3,(H,11,12);5,9H,4H2,1-3H3,(H,8,10). The minimum absolute atomic E-state index is 0.0509. The molecule has 0 radical (unpaired) electrons. The number of imide groups is 2. The summed E-state index contributed by atoms with van der Waals surface area (Å²) in [5.74, 6) is 7.96. The van der Waals surface area contributed by atoms with Gasteiger partial charge in [-0.1, -0.05) is 235 Å². The van der Waals surface area contributed by atoms with Gasteiger partial charge in [-0.25, -0.2) is 12.7 Å². The highest BCUT2D eigenvalue weighted by atomic mass is 32.2. The van der Waals surface area contributed by atoms with Crippen LogP contribution >= 0.6 is 0 Å². The molecule has 9 aliphatic heterocycles. The summed E-state index contributed by atoms with van der Waals surface area (Å²) < 4.78 is 24.0. The Labute approximate surface area is 699 Å². The fourth-order valence-corrected chi connectivity index (χ4v) is 20.9. The predicted molar refractivity (Wildman–Crippen MR) is 465 cm³/mol. The molecule has 0 saturated carbocycles. The Balaban J connectivity index is 0.000000648. The Morgan fingerprint density at radius 2 is 0.687 bits per heavy atom. The third-order valence-electron chi connectivity index (χ3n) is 30.0. The van der Waals surface area contributed by atoms with E-state index in [1.807, 2.05) is 48.5 Å². The third-order valence-corrected chi connectivity index (χ3v) is 31.1. The van der Waals surface area contributed by atoms with Crippen LogP contribution in [0.3, 0.4) is 0 Å². The second-order valence-corrected chi connectivity index (χ2v) is 42.6. The maximum absolute atomic E-state index is 11.8. The van der Waals surface area contributed by atoms with Crippen LogP contribution in [0.4, 0.5) is 0 Å². The Hall–Kier alpha value is -5.52. The van der Waals surface area contributed by atoms with Gasteiger partial charge >= 0.3 is 0 Å². The molecule has 668 valence electrons. The highest BCUT2D eigenvalue weighted by molar-refractivity contribution is 7.88. The molecule has 0 aromatic carbocycles. The number of hydrogen-bond acceptors (Lipinski definition) is 14. The summed E-state index contributed by atoms with van der Waals surface area (Å²) in [6.45, 7) is 78.0. The second kappa shape index (κ2) is 44.1. The van der Waals surface area contributed by atoms with Gasteiger partial charge in [-0.15, -0.1) is 0 Å². The van der Waals surface area contributed by atoms with Crippen molar-refractivity contribution in [2.45, 2.75) is 342 Å². The van der Waals surface area contributed by atoms with Gasteiger partial charge in [0, 0.05) is 99.5 Å². The molecule has 0 aromatic heterocycles. The maximum atomic E-state index is 11.8. The molecule has 11 amide bonds. The Bertz CT molecular complexity index is 3180. The highest BCUT2D eigenvalue weighted by Gasteiger charge is 2.54.